The summed E-state index contributed by atoms with van der Waals surface area (Å²) in [5.41, 5.74) is -0.372. The highest BCUT2D eigenvalue weighted by Gasteiger charge is 2.54. The number of alkyl halides is 2. The van der Waals surface area contributed by atoms with E-state index >= 15 is 0 Å². The summed E-state index contributed by atoms with van der Waals surface area (Å²) in [6.45, 7) is 10.7. The fourth-order valence-electron chi connectivity index (χ4n) is 5.42. The SMILES string of the molecule is COC(=O)C(O)C(CC(F)F)NC(=O)[C@H](CC(C)C)NC(=O)C1(Cc2ccsc2C)Cc2ccccc2N1C(=O)OC(C)(C)C. The van der Waals surface area contributed by atoms with E-state index in [2.05, 4.69) is 15.4 Å². The third-order valence-corrected chi connectivity index (χ3v) is 8.39. The van der Waals surface area contributed by atoms with Crippen LogP contribution < -0.4 is 15.5 Å². The van der Waals surface area contributed by atoms with E-state index in [9.17, 15) is 33.1 Å². The lowest BCUT2D eigenvalue weighted by atomic mass is 9.85. The van der Waals surface area contributed by atoms with Gasteiger partial charge < -0.3 is 25.2 Å². The van der Waals surface area contributed by atoms with Crippen LogP contribution in [0.2, 0.25) is 0 Å². The topological polar surface area (TPSA) is 134 Å². The van der Waals surface area contributed by atoms with Crippen molar-refractivity contribution in [2.75, 3.05) is 12.0 Å². The number of esters is 1. The summed E-state index contributed by atoms with van der Waals surface area (Å²) in [7, 11) is 0.985. The van der Waals surface area contributed by atoms with Crippen molar-refractivity contribution >= 4 is 40.9 Å². The first-order chi connectivity index (χ1) is 21.0. The number of thiophene rings is 1. The number of carbonyl (C=O) groups excluding carboxylic acids is 4. The van der Waals surface area contributed by atoms with Crippen LogP contribution in [0.1, 0.15) is 63.5 Å². The number of aliphatic hydroxyl groups is 1. The molecule has 45 heavy (non-hydrogen) atoms. The number of aryl methyl sites for hydroxylation is 1. The van der Waals surface area contributed by atoms with Gasteiger partial charge in [0.1, 0.15) is 17.2 Å². The molecule has 2 heterocycles. The molecule has 3 amide bonds. The number of carbonyl (C=O) groups is 4. The van der Waals surface area contributed by atoms with Crippen LogP contribution in [0.5, 0.6) is 0 Å². The fourth-order valence-corrected chi connectivity index (χ4v) is 6.15. The summed E-state index contributed by atoms with van der Waals surface area (Å²) >= 11 is 1.49. The van der Waals surface area contributed by atoms with Crippen LogP contribution >= 0.6 is 11.3 Å². The van der Waals surface area contributed by atoms with E-state index in [1.165, 1.54) is 16.2 Å². The minimum Gasteiger partial charge on any atom is -0.467 e. The van der Waals surface area contributed by atoms with Crippen molar-refractivity contribution in [3.8, 4) is 0 Å². The molecule has 1 aliphatic rings. The Labute approximate surface area is 266 Å². The average Bonchev–Trinajstić information content (AvgIpc) is 3.50. The molecule has 3 rings (SSSR count). The summed E-state index contributed by atoms with van der Waals surface area (Å²) < 4.78 is 37.0. The molecule has 4 atom stereocenters. The number of hydrogen-bond donors (Lipinski definition) is 3. The van der Waals surface area contributed by atoms with Gasteiger partial charge in [0, 0.05) is 24.1 Å². The van der Waals surface area contributed by atoms with Gasteiger partial charge in [0.15, 0.2) is 6.10 Å². The van der Waals surface area contributed by atoms with Gasteiger partial charge in [-0.3, -0.25) is 14.5 Å². The first-order valence-electron chi connectivity index (χ1n) is 14.8. The Morgan fingerprint density at radius 3 is 2.31 bits per heavy atom. The number of rotatable bonds is 12. The lowest BCUT2D eigenvalue weighted by molar-refractivity contribution is -0.153. The Kier molecular flexibility index (Phi) is 11.7. The second-order valence-corrected chi connectivity index (χ2v) is 13.8. The number of benzene rings is 1. The zero-order valence-electron chi connectivity index (χ0n) is 26.7. The normalized spacial score (nSPS) is 18.3. The summed E-state index contributed by atoms with van der Waals surface area (Å²) in [6, 6.07) is 6.07. The molecule has 1 aromatic heterocycles. The Balaban J connectivity index is 2.07. The number of nitrogens with one attached hydrogen (secondary N) is 2. The van der Waals surface area contributed by atoms with Crippen LogP contribution in [0, 0.1) is 12.8 Å². The number of fused-ring (bicyclic) bond motifs is 1. The predicted molar refractivity (Wildman–Crippen MR) is 166 cm³/mol. The minimum absolute atomic E-state index is 0.0975. The largest absolute Gasteiger partial charge is 0.467 e. The van der Waals surface area contributed by atoms with Crippen molar-refractivity contribution < 1.29 is 42.5 Å². The van der Waals surface area contributed by atoms with Crippen LogP contribution in [-0.2, 0) is 36.7 Å². The van der Waals surface area contributed by atoms with E-state index in [-0.39, 0.29) is 25.2 Å². The molecule has 0 saturated carbocycles. The van der Waals surface area contributed by atoms with Gasteiger partial charge in [-0.25, -0.2) is 18.4 Å². The number of para-hydroxylation sites is 1. The van der Waals surface area contributed by atoms with E-state index in [1.54, 1.807) is 39.0 Å². The predicted octanol–water partition coefficient (Wildman–Crippen LogP) is 4.54. The van der Waals surface area contributed by atoms with E-state index in [4.69, 9.17) is 4.74 Å². The highest BCUT2D eigenvalue weighted by atomic mass is 32.1. The molecule has 248 valence electrons. The summed E-state index contributed by atoms with van der Waals surface area (Å²) in [4.78, 5) is 56.3. The van der Waals surface area contributed by atoms with Crippen molar-refractivity contribution in [1.82, 2.24) is 10.6 Å². The quantitative estimate of drug-likeness (QED) is 0.287. The van der Waals surface area contributed by atoms with E-state index in [1.807, 2.05) is 38.3 Å². The Bertz CT molecular complexity index is 1380. The number of methoxy groups -OCH3 is 1. The van der Waals surface area contributed by atoms with Gasteiger partial charge in [-0.05, 0) is 68.7 Å². The van der Waals surface area contributed by atoms with E-state index in [0.29, 0.717) is 5.69 Å². The lowest BCUT2D eigenvalue weighted by Crippen LogP contribution is -2.65. The summed E-state index contributed by atoms with van der Waals surface area (Å²) in [6.07, 6.45) is -6.44. The number of anilines is 1. The molecule has 0 aliphatic carbocycles. The van der Waals surface area contributed by atoms with Crippen LogP contribution in [0.25, 0.3) is 0 Å². The van der Waals surface area contributed by atoms with Crippen LogP contribution in [0.15, 0.2) is 35.7 Å². The zero-order chi connectivity index (χ0) is 33.7. The third-order valence-electron chi connectivity index (χ3n) is 7.50. The first-order valence-corrected chi connectivity index (χ1v) is 15.7. The molecular formula is C32H43F2N3O7S. The molecule has 10 nitrogen and oxygen atoms in total. The van der Waals surface area contributed by atoms with Crippen LogP contribution in [-0.4, -0.2) is 71.8 Å². The lowest BCUT2D eigenvalue weighted by Gasteiger charge is -2.39. The monoisotopic (exact) mass is 651 g/mol. The molecule has 3 unspecified atom stereocenters. The number of hydrogen-bond acceptors (Lipinski definition) is 8. The molecule has 3 N–H and O–H groups in total. The molecule has 2 aromatic rings. The fraction of sp³-hybridized carbons (Fsp3) is 0.562. The van der Waals surface area contributed by atoms with Crippen molar-refractivity contribution in [3.05, 3.63) is 51.7 Å². The number of nitrogens with zero attached hydrogens (tertiary/aromatic N) is 1. The van der Waals surface area contributed by atoms with E-state index in [0.717, 1.165) is 23.1 Å². The molecule has 1 aliphatic heterocycles. The van der Waals surface area contributed by atoms with Crippen molar-refractivity contribution in [2.24, 2.45) is 5.92 Å². The van der Waals surface area contributed by atoms with Crippen LogP contribution in [0.4, 0.5) is 19.3 Å². The molecule has 0 radical (unpaired) electrons. The number of aliphatic hydroxyl groups excluding tert-OH is 1. The summed E-state index contributed by atoms with van der Waals surface area (Å²) in [5.74, 6) is -2.84. The minimum atomic E-state index is -2.95. The molecule has 0 saturated heterocycles. The van der Waals surface area contributed by atoms with Gasteiger partial charge in [-0.15, -0.1) is 11.3 Å². The van der Waals surface area contributed by atoms with Gasteiger partial charge in [0.25, 0.3) is 0 Å². The highest BCUT2D eigenvalue weighted by molar-refractivity contribution is 7.10. The molecule has 0 fully saturated rings. The van der Waals surface area contributed by atoms with Gasteiger partial charge >= 0.3 is 12.1 Å². The Morgan fingerprint density at radius 1 is 1.09 bits per heavy atom. The maximum Gasteiger partial charge on any atom is 0.415 e. The third kappa shape index (κ3) is 8.78. The maximum absolute atomic E-state index is 14.6. The standard InChI is InChI=1S/C32H43F2N3O7S/c1-18(2)14-23(27(39)35-22(15-25(33)34)26(38)28(40)43-7)36-29(41)32(16-20-12-13-45-19(20)3)17-21-10-8-9-11-24(21)37(32)30(42)44-31(4,5)6/h8-13,18,22-23,25-26,38H,14-17H2,1-7H3,(H,35,39)(H,36,41)/t22?,23-,26?,32?/m0/s1. The molecule has 1 aromatic carbocycles. The first kappa shape index (κ1) is 35.9. The van der Waals surface area contributed by atoms with Crippen LogP contribution in [0.3, 0.4) is 0 Å². The molecular weight excluding hydrogens is 608 g/mol. The van der Waals surface area contributed by atoms with Gasteiger partial charge in [-0.1, -0.05) is 32.0 Å². The van der Waals surface area contributed by atoms with Crippen molar-refractivity contribution in [2.45, 2.75) is 103 Å². The molecule has 0 bridgehead atoms. The number of ether oxygens (including phenoxy) is 2. The average molecular weight is 652 g/mol. The molecule has 0 spiro atoms. The Hall–Kier alpha value is -3.58. The van der Waals surface area contributed by atoms with Crippen molar-refractivity contribution in [3.63, 3.8) is 0 Å². The van der Waals surface area contributed by atoms with Gasteiger partial charge in [0.2, 0.25) is 18.2 Å². The summed E-state index contributed by atoms with van der Waals surface area (Å²) in [5, 5.41) is 17.3. The highest BCUT2D eigenvalue weighted by Crippen LogP contribution is 2.43. The second kappa shape index (κ2) is 14.7. The van der Waals surface area contributed by atoms with Crippen molar-refractivity contribution in [1.29, 1.82) is 0 Å². The number of halogens is 2. The van der Waals surface area contributed by atoms with Gasteiger partial charge in [0.05, 0.1) is 18.8 Å². The van der Waals surface area contributed by atoms with E-state index < -0.39 is 66.1 Å². The zero-order valence-corrected chi connectivity index (χ0v) is 27.5. The second-order valence-electron chi connectivity index (χ2n) is 12.7. The number of amides is 3. The Morgan fingerprint density at radius 2 is 1.76 bits per heavy atom. The maximum atomic E-state index is 14.6. The smallest absolute Gasteiger partial charge is 0.415 e. The molecule has 13 heteroatoms. The van der Waals surface area contributed by atoms with Gasteiger partial charge in [-0.2, -0.15) is 0 Å².